The summed E-state index contributed by atoms with van der Waals surface area (Å²) in [6.07, 6.45) is 10.2. The van der Waals surface area contributed by atoms with Crippen molar-refractivity contribution in [3.05, 3.63) is 88.5 Å². The Bertz CT molecular complexity index is 1970. The second kappa shape index (κ2) is 25.4. The minimum absolute atomic E-state index is 0.0189. The fourth-order valence-electron chi connectivity index (χ4n) is 7.18. The predicted octanol–water partition coefficient (Wildman–Crippen LogP) is 9.13. The molecule has 15 nitrogen and oxygen atoms in total. The Labute approximate surface area is 358 Å². The second-order valence-electron chi connectivity index (χ2n) is 16.1. The number of carbonyl (C=O) groups excluding carboxylic acids is 3. The van der Waals surface area contributed by atoms with Crippen LogP contribution in [0.25, 0.3) is 11.2 Å². The van der Waals surface area contributed by atoms with Crippen LogP contribution in [0.5, 0.6) is 0 Å². The largest absolute Gasteiger partial charge is 0.509 e. The zero-order valence-electron chi connectivity index (χ0n) is 36.0. The van der Waals surface area contributed by atoms with Crippen LogP contribution >= 0.6 is 0 Å². The van der Waals surface area contributed by atoms with Gasteiger partial charge < -0.3 is 34.3 Å². The molecule has 0 spiro atoms. The molecule has 4 atom stereocenters. The van der Waals surface area contributed by atoms with E-state index in [4.69, 9.17) is 23.7 Å². The van der Waals surface area contributed by atoms with Crippen LogP contribution in [0.15, 0.2) is 71.8 Å². The summed E-state index contributed by atoms with van der Waals surface area (Å²) >= 11 is 0. The molecule has 1 aliphatic heterocycles. The number of imidazole rings is 1. The standard InChI is InChI=1S/C46H64N6O9/c1-4-5-6-7-8-9-10-11-12-13-14-15-16-23-28-47-42(54)38-37(60-45(55)57-30-34-24-19-17-20-25-34)39(61-46(56)58-31-35-26-21-18-22-27-35)43(59-38)52-32-49-36-40(52)50-44(51-41(36)53)48-29-33(2)3/h17-22,24-27,32-33,37-39,43H,4-16,23,28-31H2,1-3H3,(H,47,54)(H2,48,50,51,53)/t37-,38+,39-,43-/m1/s1. The van der Waals surface area contributed by atoms with E-state index >= 15 is 0 Å². The number of H-pyrrole nitrogens is 1. The molecule has 1 saturated heterocycles. The van der Waals surface area contributed by atoms with Crippen molar-refractivity contribution >= 4 is 35.3 Å². The van der Waals surface area contributed by atoms with Gasteiger partial charge in [0.1, 0.15) is 13.2 Å². The van der Waals surface area contributed by atoms with E-state index in [1.165, 1.54) is 75.1 Å². The normalized spacial score (nSPS) is 17.3. The third-order valence-electron chi connectivity index (χ3n) is 10.5. The second-order valence-corrected chi connectivity index (χ2v) is 16.1. The fourth-order valence-corrected chi connectivity index (χ4v) is 7.18. The van der Waals surface area contributed by atoms with Crippen molar-refractivity contribution < 1.29 is 38.1 Å². The molecule has 0 radical (unpaired) electrons. The molecule has 3 N–H and O–H groups in total. The summed E-state index contributed by atoms with van der Waals surface area (Å²) in [6, 6.07) is 18.0. The maximum atomic E-state index is 14.0. The zero-order chi connectivity index (χ0) is 43.2. The Kier molecular flexibility index (Phi) is 19.4. The molecule has 61 heavy (non-hydrogen) atoms. The lowest BCUT2D eigenvalue weighted by Gasteiger charge is -2.24. The smallest absolute Gasteiger partial charge is 0.429 e. The number of ether oxygens (including phenoxy) is 5. The number of carbonyl (C=O) groups is 3. The Morgan fingerprint density at radius 1 is 0.754 bits per heavy atom. The molecule has 1 aliphatic rings. The summed E-state index contributed by atoms with van der Waals surface area (Å²) in [5, 5.41) is 6.03. The lowest BCUT2D eigenvalue weighted by atomic mass is 10.0. The van der Waals surface area contributed by atoms with Crippen LogP contribution in [0.2, 0.25) is 0 Å². The van der Waals surface area contributed by atoms with E-state index in [9.17, 15) is 19.2 Å². The number of aromatic amines is 1. The molecule has 0 unspecified atom stereocenters. The average molecular weight is 845 g/mol. The maximum absolute atomic E-state index is 14.0. The van der Waals surface area contributed by atoms with Crippen molar-refractivity contribution in [1.82, 2.24) is 24.8 Å². The van der Waals surface area contributed by atoms with E-state index in [1.54, 1.807) is 48.5 Å². The maximum Gasteiger partial charge on any atom is 0.509 e. The number of fused-ring (bicyclic) bond motifs is 1. The van der Waals surface area contributed by atoms with Crippen LogP contribution in [0.3, 0.4) is 0 Å². The summed E-state index contributed by atoms with van der Waals surface area (Å²) in [5.41, 5.74) is 0.965. The van der Waals surface area contributed by atoms with Gasteiger partial charge in [-0.25, -0.2) is 14.6 Å². The molecular formula is C46H64N6O9. The predicted molar refractivity (Wildman–Crippen MR) is 232 cm³/mol. The van der Waals surface area contributed by atoms with Crippen LogP contribution in [-0.4, -0.2) is 69.1 Å². The number of unbranched alkanes of at least 4 members (excludes halogenated alkanes) is 13. The fraction of sp³-hybridized carbons (Fsp3) is 0.565. The summed E-state index contributed by atoms with van der Waals surface area (Å²) < 4.78 is 30.3. The summed E-state index contributed by atoms with van der Waals surface area (Å²) in [5.74, 6) is -0.156. The first-order valence-electron chi connectivity index (χ1n) is 22.1. The van der Waals surface area contributed by atoms with E-state index in [2.05, 4.69) is 32.5 Å². The van der Waals surface area contributed by atoms with Gasteiger partial charge in [0, 0.05) is 13.1 Å². The van der Waals surface area contributed by atoms with Crippen molar-refractivity contribution in [3.63, 3.8) is 0 Å². The monoisotopic (exact) mass is 844 g/mol. The van der Waals surface area contributed by atoms with Crippen LogP contribution in [0.4, 0.5) is 15.5 Å². The summed E-state index contributed by atoms with van der Waals surface area (Å²) in [4.78, 5) is 65.4. The number of nitrogens with one attached hydrogen (secondary N) is 3. The molecule has 1 fully saturated rings. The van der Waals surface area contributed by atoms with E-state index in [1.807, 2.05) is 26.0 Å². The van der Waals surface area contributed by atoms with Gasteiger partial charge in [0.15, 0.2) is 35.7 Å². The van der Waals surface area contributed by atoms with Gasteiger partial charge in [-0.05, 0) is 23.5 Å². The molecule has 5 rings (SSSR count). The van der Waals surface area contributed by atoms with Gasteiger partial charge in [0.05, 0.1) is 6.33 Å². The van der Waals surface area contributed by atoms with Gasteiger partial charge in [-0.3, -0.25) is 19.1 Å². The third-order valence-corrected chi connectivity index (χ3v) is 10.5. The quantitative estimate of drug-likeness (QED) is 0.0403. The van der Waals surface area contributed by atoms with Crippen molar-refractivity contribution in [2.75, 3.05) is 18.4 Å². The SMILES string of the molecule is CCCCCCCCCCCCCCCCNC(=O)[C@H]1O[C@@H](n2cnc3c(=O)[nH]c(NCC(C)C)nc32)[C@H](OC(=O)OCc2ccccc2)[C@@H]1OC(=O)OCc1ccccc1. The molecule has 3 heterocycles. The first kappa shape index (κ1) is 46.6. The van der Waals surface area contributed by atoms with E-state index in [0.29, 0.717) is 24.2 Å². The Morgan fingerprint density at radius 2 is 1.28 bits per heavy atom. The lowest BCUT2D eigenvalue weighted by molar-refractivity contribution is -0.138. The van der Waals surface area contributed by atoms with E-state index < -0.39 is 48.3 Å². The third kappa shape index (κ3) is 15.2. The van der Waals surface area contributed by atoms with Gasteiger partial charge >= 0.3 is 12.3 Å². The molecule has 0 aliphatic carbocycles. The highest BCUT2D eigenvalue weighted by Crippen LogP contribution is 2.36. The van der Waals surface area contributed by atoms with Gasteiger partial charge in [0.25, 0.3) is 11.5 Å². The Hall–Kier alpha value is -5.44. The highest BCUT2D eigenvalue weighted by atomic mass is 16.8. The average Bonchev–Trinajstić information content (AvgIpc) is 3.84. The van der Waals surface area contributed by atoms with Crippen LogP contribution in [-0.2, 0) is 41.7 Å². The highest BCUT2D eigenvalue weighted by Gasteiger charge is 2.54. The van der Waals surface area contributed by atoms with Crippen LogP contribution in [0, 0.1) is 5.92 Å². The molecule has 332 valence electrons. The number of anilines is 1. The molecule has 15 heteroatoms. The molecule has 4 aromatic rings. The lowest BCUT2D eigenvalue weighted by Crippen LogP contribution is -2.46. The van der Waals surface area contributed by atoms with Gasteiger partial charge in [-0.15, -0.1) is 0 Å². The van der Waals surface area contributed by atoms with E-state index in [0.717, 1.165) is 25.7 Å². The van der Waals surface area contributed by atoms with E-state index in [-0.39, 0.29) is 36.2 Å². The zero-order valence-corrected chi connectivity index (χ0v) is 36.0. The highest BCUT2D eigenvalue weighted by molar-refractivity contribution is 5.82. The minimum Gasteiger partial charge on any atom is -0.429 e. The van der Waals surface area contributed by atoms with Crippen molar-refractivity contribution in [2.45, 2.75) is 148 Å². The van der Waals surface area contributed by atoms with Gasteiger partial charge in [-0.1, -0.05) is 165 Å². The van der Waals surface area contributed by atoms with Gasteiger partial charge in [-0.2, -0.15) is 4.98 Å². The molecule has 2 aromatic carbocycles. The molecule has 0 saturated carbocycles. The van der Waals surface area contributed by atoms with Crippen molar-refractivity contribution in [2.24, 2.45) is 5.92 Å². The van der Waals surface area contributed by atoms with Crippen LogP contribution in [0.1, 0.15) is 128 Å². The number of amides is 1. The summed E-state index contributed by atoms with van der Waals surface area (Å²) in [7, 11) is 0. The Morgan fingerprint density at radius 3 is 1.82 bits per heavy atom. The number of nitrogens with zero attached hydrogens (tertiary/aromatic N) is 3. The number of hydrogen-bond donors (Lipinski definition) is 3. The molecule has 0 bridgehead atoms. The summed E-state index contributed by atoms with van der Waals surface area (Å²) in [6.45, 7) is 6.92. The molecular weight excluding hydrogens is 781 g/mol. The van der Waals surface area contributed by atoms with Crippen molar-refractivity contribution in [3.8, 4) is 0 Å². The first-order valence-corrected chi connectivity index (χ1v) is 22.1. The number of hydrogen-bond acceptors (Lipinski definition) is 12. The van der Waals surface area contributed by atoms with Gasteiger partial charge in [0.2, 0.25) is 5.95 Å². The number of rotatable bonds is 26. The van der Waals surface area contributed by atoms with Crippen molar-refractivity contribution in [1.29, 1.82) is 0 Å². The number of benzene rings is 2. The molecule has 2 aromatic heterocycles. The topological polar surface area (TPSA) is 185 Å². The Balaban J connectivity index is 1.28. The minimum atomic E-state index is -1.51. The van der Waals surface area contributed by atoms with Crippen LogP contribution < -0.4 is 16.2 Å². The first-order chi connectivity index (χ1) is 29.7. The number of aromatic nitrogens is 4. The molecule has 1 amide bonds.